The molecular weight excluding hydrogens is 284 g/mol. The fourth-order valence-electron chi connectivity index (χ4n) is 2.92. The van der Waals surface area contributed by atoms with Crippen molar-refractivity contribution in [2.75, 3.05) is 26.1 Å². The maximum Gasteiger partial charge on any atom is 0.343 e. The second kappa shape index (κ2) is 7.98. The van der Waals surface area contributed by atoms with Crippen molar-refractivity contribution in [1.29, 1.82) is 0 Å². The van der Waals surface area contributed by atoms with Crippen LogP contribution in [0.15, 0.2) is 12.1 Å². The minimum atomic E-state index is -0.474. The molecule has 1 saturated carbocycles. The van der Waals surface area contributed by atoms with E-state index >= 15 is 0 Å². The van der Waals surface area contributed by atoms with Crippen LogP contribution in [0.25, 0.3) is 0 Å². The summed E-state index contributed by atoms with van der Waals surface area (Å²) >= 11 is 0. The smallest absolute Gasteiger partial charge is 0.343 e. The molecule has 0 amide bonds. The van der Waals surface area contributed by atoms with Gasteiger partial charge in [0.05, 0.1) is 14.2 Å². The summed E-state index contributed by atoms with van der Waals surface area (Å²) in [5, 5.41) is 12.9. The summed E-state index contributed by atoms with van der Waals surface area (Å²) in [4.78, 5) is 16.0. The largest absolute Gasteiger partial charge is 0.480 e. The van der Waals surface area contributed by atoms with Gasteiger partial charge in [0.2, 0.25) is 5.88 Å². The van der Waals surface area contributed by atoms with Crippen LogP contribution in [0.3, 0.4) is 0 Å². The number of aliphatic hydroxyl groups excluding tert-OH is 1. The minimum absolute atomic E-state index is 0.176. The molecule has 1 aromatic rings. The van der Waals surface area contributed by atoms with Crippen LogP contribution in [0.4, 0.5) is 5.82 Å². The average Bonchev–Trinajstić information content (AvgIpc) is 2.78. The van der Waals surface area contributed by atoms with E-state index in [0.29, 0.717) is 11.4 Å². The van der Waals surface area contributed by atoms with Crippen molar-refractivity contribution < 1.29 is 19.4 Å². The summed E-state index contributed by atoms with van der Waals surface area (Å²) in [5.74, 6) is 0.648. The number of hydrogen-bond acceptors (Lipinski definition) is 6. The second-order valence-electron chi connectivity index (χ2n) is 5.58. The van der Waals surface area contributed by atoms with Crippen molar-refractivity contribution in [2.45, 2.75) is 38.1 Å². The number of nitrogens with one attached hydrogen (secondary N) is 1. The Kier molecular flexibility index (Phi) is 6.00. The third-order valence-corrected chi connectivity index (χ3v) is 4.19. The number of ether oxygens (including phenoxy) is 2. The number of nitrogens with zero attached hydrogens (tertiary/aromatic N) is 1. The van der Waals surface area contributed by atoms with Crippen molar-refractivity contribution in [2.24, 2.45) is 5.92 Å². The summed E-state index contributed by atoms with van der Waals surface area (Å²) < 4.78 is 9.88. The molecule has 1 aliphatic carbocycles. The highest BCUT2D eigenvalue weighted by atomic mass is 16.5. The first-order chi connectivity index (χ1) is 10.7. The van der Waals surface area contributed by atoms with E-state index < -0.39 is 5.97 Å². The quantitative estimate of drug-likeness (QED) is 0.641. The Balaban J connectivity index is 2.16. The van der Waals surface area contributed by atoms with E-state index in [2.05, 4.69) is 10.3 Å². The second-order valence-corrected chi connectivity index (χ2v) is 5.58. The van der Waals surface area contributed by atoms with Crippen molar-refractivity contribution in [3.05, 3.63) is 17.7 Å². The molecule has 0 bridgehead atoms. The molecule has 1 aliphatic rings. The Morgan fingerprint density at radius 3 is 2.77 bits per heavy atom. The maximum absolute atomic E-state index is 11.6. The van der Waals surface area contributed by atoms with Gasteiger partial charge in [0.25, 0.3) is 0 Å². The van der Waals surface area contributed by atoms with Crippen LogP contribution in [0.5, 0.6) is 5.88 Å². The van der Waals surface area contributed by atoms with Gasteiger partial charge in [-0.15, -0.1) is 0 Å². The average molecular weight is 308 g/mol. The molecule has 1 fully saturated rings. The van der Waals surface area contributed by atoms with Gasteiger partial charge < -0.3 is 19.9 Å². The van der Waals surface area contributed by atoms with Gasteiger partial charge in [0.15, 0.2) is 0 Å². The number of esters is 1. The summed E-state index contributed by atoms with van der Waals surface area (Å²) in [5.41, 5.74) is 0.301. The van der Waals surface area contributed by atoms with Crippen molar-refractivity contribution >= 4 is 11.8 Å². The molecule has 2 rings (SSSR count). The highest BCUT2D eigenvalue weighted by Gasteiger charge is 2.24. The van der Waals surface area contributed by atoms with E-state index in [1.165, 1.54) is 20.6 Å². The van der Waals surface area contributed by atoms with Gasteiger partial charge in [0, 0.05) is 18.6 Å². The Morgan fingerprint density at radius 2 is 2.09 bits per heavy atom. The van der Waals surface area contributed by atoms with E-state index in [1.54, 1.807) is 12.1 Å². The Labute approximate surface area is 130 Å². The van der Waals surface area contributed by atoms with E-state index in [-0.39, 0.29) is 24.4 Å². The van der Waals surface area contributed by atoms with Gasteiger partial charge in [-0.3, -0.25) is 0 Å². The number of anilines is 1. The zero-order chi connectivity index (χ0) is 15.9. The molecule has 0 saturated heterocycles. The molecule has 6 nitrogen and oxygen atoms in total. The lowest BCUT2D eigenvalue weighted by Crippen LogP contribution is -2.31. The number of methoxy groups -OCH3 is 2. The van der Waals surface area contributed by atoms with E-state index in [0.717, 1.165) is 25.7 Å². The lowest BCUT2D eigenvalue weighted by atomic mass is 9.95. The molecule has 0 aliphatic heterocycles. The number of rotatable bonds is 5. The number of aliphatic hydroxyl groups is 1. The van der Waals surface area contributed by atoms with Crippen molar-refractivity contribution in [3.63, 3.8) is 0 Å². The van der Waals surface area contributed by atoms with Crippen LogP contribution in [-0.2, 0) is 4.74 Å². The number of hydrogen-bond donors (Lipinski definition) is 2. The topological polar surface area (TPSA) is 80.7 Å². The van der Waals surface area contributed by atoms with Crippen LogP contribution in [0.1, 0.15) is 42.5 Å². The van der Waals surface area contributed by atoms with E-state index in [1.807, 2.05) is 0 Å². The molecule has 2 unspecified atom stereocenters. The van der Waals surface area contributed by atoms with Crippen LogP contribution in [-0.4, -0.2) is 42.9 Å². The molecule has 22 heavy (non-hydrogen) atoms. The molecule has 0 radical (unpaired) electrons. The zero-order valence-corrected chi connectivity index (χ0v) is 13.2. The Bertz CT molecular complexity index is 507. The molecule has 122 valence electrons. The molecular formula is C16H24N2O4. The molecule has 2 N–H and O–H groups in total. The Hall–Kier alpha value is -1.82. The van der Waals surface area contributed by atoms with Crippen LogP contribution in [0, 0.1) is 5.92 Å². The monoisotopic (exact) mass is 308 g/mol. The lowest BCUT2D eigenvalue weighted by Gasteiger charge is -2.25. The third kappa shape index (κ3) is 3.88. The summed E-state index contributed by atoms with van der Waals surface area (Å²) in [6.45, 7) is 0.176. The zero-order valence-electron chi connectivity index (χ0n) is 13.2. The summed E-state index contributed by atoms with van der Waals surface area (Å²) in [6, 6.07) is 3.58. The van der Waals surface area contributed by atoms with Crippen LogP contribution >= 0.6 is 0 Å². The molecule has 1 aromatic heterocycles. The standard InChI is InChI=1S/C16H24N2O4/c1-21-15-12(16(20)22-2)8-9-14(18-15)17-13-7-5-3-4-6-11(13)10-19/h8-9,11,13,19H,3-7,10H2,1-2H3,(H,17,18). The first-order valence-corrected chi connectivity index (χ1v) is 7.70. The van der Waals surface area contributed by atoms with Crippen LogP contribution in [0.2, 0.25) is 0 Å². The van der Waals surface area contributed by atoms with Gasteiger partial charge in [-0.2, -0.15) is 4.98 Å². The normalized spacial score (nSPS) is 21.8. The maximum atomic E-state index is 11.6. The SMILES string of the molecule is COC(=O)c1ccc(NC2CCCCCC2CO)nc1OC. The van der Waals surface area contributed by atoms with Gasteiger partial charge in [-0.25, -0.2) is 4.79 Å². The van der Waals surface area contributed by atoms with Crippen molar-refractivity contribution in [1.82, 2.24) is 4.98 Å². The predicted molar refractivity (Wildman–Crippen MR) is 83.2 cm³/mol. The van der Waals surface area contributed by atoms with Gasteiger partial charge >= 0.3 is 5.97 Å². The molecule has 2 atom stereocenters. The number of carbonyl (C=O) groups excluding carboxylic acids is 1. The highest BCUT2D eigenvalue weighted by Crippen LogP contribution is 2.27. The number of carbonyl (C=O) groups is 1. The Morgan fingerprint density at radius 1 is 1.32 bits per heavy atom. The molecule has 6 heteroatoms. The van der Waals surface area contributed by atoms with E-state index in [9.17, 15) is 9.90 Å². The first-order valence-electron chi connectivity index (χ1n) is 7.70. The number of pyridine rings is 1. The number of aromatic nitrogens is 1. The fourth-order valence-corrected chi connectivity index (χ4v) is 2.92. The van der Waals surface area contributed by atoms with Gasteiger partial charge in [0.1, 0.15) is 11.4 Å². The fraction of sp³-hybridized carbons (Fsp3) is 0.625. The molecule has 0 aromatic carbocycles. The highest BCUT2D eigenvalue weighted by molar-refractivity contribution is 5.92. The first kappa shape index (κ1) is 16.5. The van der Waals surface area contributed by atoms with Crippen LogP contribution < -0.4 is 10.1 Å². The minimum Gasteiger partial charge on any atom is -0.480 e. The third-order valence-electron chi connectivity index (χ3n) is 4.19. The van der Waals surface area contributed by atoms with Gasteiger partial charge in [-0.1, -0.05) is 19.3 Å². The molecule has 0 spiro atoms. The molecule has 1 heterocycles. The predicted octanol–water partition coefficient (Wildman–Crippen LogP) is 2.23. The van der Waals surface area contributed by atoms with E-state index in [4.69, 9.17) is 9.47 Å². The lowest BCUT2D eigenvalue weighted by molar-refractivity contribution is 0.0596. The van der Waals surface area contributed by atoms with Crippen molar-refractivity contribution in [3.8, 4) is 5.88 Å². The summed E-state index contributed by atoms with van der Waals surface area (Å²) in [7, 11) is 2.80. The van der Waals surface area contributed by atoms with Gasteiger partial charge in [-0.05, 0) is 25.0 Å². The summed E-state index contributed by atoms with van der Waals surface area (Å²) in [6.07, 6.45) is 5.53.